The Morgan fingerprint density at radius 1 is 1.21 bits per heavy atom. The lowest BCUT2D eigenvalue weighted by Crippen LogP contribution is -2.35. The van der Waals surface area contributed by atoms with Crippen LogP contribution in [0.1, 0.15) is 33.6 Å². The fourth-order valence-electron chi connectivity index (χ4n) is 1.76. The van der Waals surface area contributed by atoms with Gasteiger partial charge in [0, 0.05) is 19.6 Å². The van der Waals surface area contributed by atoms with Crippen molar-refractivity contribution < 1.29 is 19.1 Å². The van der Waals surface area contributed by atoms with Crippen LogP contribution in [0.4, 0.5) is 4.79 Å². The molecule has 0 spiro atoms. The summed E-state index contributed by atoms with van der Waals surface area (Å²) < 4.78 is 10.3. The van der Waals surface area contributed by atoms with E-state index in [2.05, 4.69) is 5.32 Å². The van der Waals surface area contributed by atoms with E-state index in [4.69, 9.17) is 9.47 Å². The summed E-state index contributed by atoms with van der Waals surface area (Å²) in [5.74, 6) is 0.0229. The number of carbonyl (C=O) groups is 2. The van der Waals surface area contributed by atoms with Gasteiger partial charge in [-0.25, -0.2) is 4.79 Å². The van der Waals surface area contributed by atoms with Gasteiger partial charge < -0.3 is 19.7 Å². The summed E-state index contributed by atoms with van der Waals surface area (Å²) in [7, 11) is 0. The minimum atomic E-state index is -0.503. The Morgan fingerprint density at radius 2 is 1.84 bits per heavy atom. The average molecular weight is 272 g/mol. The molecule has 0 aromatic rings. The summed E-state index contributed by atoms with van der Waals surface area (Å²) in [6.45, 7) is 7.79. The van der Waals surface area contributed by atoms with Gasteiger partial charge in [0.25, 0.3) is 0 Å². The molecule has 0 aliphatic carbocycles. The number of hydrogen-bond acceptors (Lipinski definition) is 4. The molecule has 6 heteroatoms. The van der Waals surface area contributed by atoms with Crippen LogP contribution >= 0.6 is 0 Å². The topological polar surface area (TPSA) is 67.9 Å². The van der Waals surface area contributed by atoms with Gasteiger partial charge in [-0.1, -0.05) is 0 Å². The number of likely N-dealkylation sites (tertiary alicyclic amines) is 1. The second-order valence-electron chi connectivity index (χ2n) is 5.57. The van der Waals surface area contributed by atoms with E-state index >= 15 is 0 Å². The van der Waals surface area contributed by atoms with Gasteiger partial charge in [0.05, 0.1) is 6.61 Å². The standard InChI is InChI=1S/C13H24N2O4/c1-13(2,3)19-12(17)14-6-9-18-10-11(16)15-7-4-5-8-15/h4-10H2,1-3H3,(H,14,17). The summed E-state index contributed by atoms with van der Waals surface area (Å²) in [6.07, 6.45) is 1.68. The lowest BCUT2D eigenvalue weighted by molar-refractivity contribution is -0.134. The van der Waals surface area contributed by atoms with Crippen molar-refractivity contribution >= 4 is 12.0 Å². The number of ether oxygens (including phenoxy) is 2. The van der Waals surface area contributed by atoms with Crippen molar-refractivity contribution in [3.8, 4) is 0 Å². The molecule has 0 aromatic heterocycles. The molecule has 0 bridgehead atoms. The van der Waals surface area contributed by atoms with Crippen molar-refractivity contribution in [1.82, 2.24) is 10.2 Å². The maximum absolute atomic E-state index is 11.6. The molecular weight excluding hydrogens is 248 g/mol. The summed E-state index contributed by atoms with van der Waals surface area (Å²) in [6, 6.07) is 0. The average Bonchev–Trinajstić information content (AvgIpc) is 2.79. The quantitative estimate of drug-likeness (QED) is 0.762. The fraction of sp³-hybridized carbons (Fsp3) is 0.846. The van der Waals surface area contributed by atoms with E-state index < -0.39 is 11.7 Å². The Kier molecular flexibility index (Phi) is 6.08. The molecule has 1 aliphatic heterocycles. The molecule has 0 atom stereocenters. The molecule has 19 heavy (non-hydrogen) atoms. The highest BCUT2D eigenvalue weighted by molar-refractivity contribution is 5.77. The second kappa shape index (κ2) is 7.33. The predicted molar refractivity (Wildman–Crippen MR) is 70.9 cm³/mol. The van der Waals surface area contributed by atoms with E-state index in [1.54, 1.807) is 25.7 Å². The Labute approximate surface area is 114 Å². The van der Waals surface area contributed by atoms with Crippen LogP contribution in [0.3, 0.4) is 0 Å². The highest BCUT2D eigenvalue weighted by Crippen LogP contribution is 2.07. The van der Waals surface area contributed by atoms with Crippen molar-refractivity contribution in [2.24, 2.45) is 0 Å². The first kappa shape index (κ1) is 15.8. The molecule has 0 radical (unpaired) electrons. The van der Waals surface area contributed by atoms with Gasteiger partial charge in [-0.05, 0) is 33.6 Å². The Bertz CT molecular complexity index is 306. The van der Waals surface area contributed by atoms with Crippen LogP contribution in [0, 0.1) is 0 Å². The predicted octanol–water partition coefficient (Wildman–Crippen LogP) is 1.15. The smallest absolute Gasteiger partial charge is 0.407 e. The van der Waals surface area contributed by atoms with Gasteiger partial charge in [0.15, 0.2) is 0 Å². The Morgan fingerprint density at radius 3 is 2.42 bits per heavy atom. The van der Waals surface area contributed by atoms with Gasteiger partial charge in [-0.3, -0.25) is 4.79 Å². The third-order valence-corrected chi connectivity index (χ3v) is 2.60. The van der Waals surface area contributed by atoms with Gasteiger partial charge in [-0.15, -0.1) is 0 Å². The van der Waals surface area contributed by atoms with Crippen molar-refractivity contribution in [2.75, 3.05) is 32.8 Å². The third kappa shape index (κ3) is 7.00. The lowest BCUT2D eigenvalue weighted by atomic mass is 10.2. The van der Waals surface area contributed by atoms with E-state index in [1.165, 1.54) is 0 Å². The summed E-state index contributed by atoms with van der Waals surface area (Å²) in [5, 5.41) is 2.57. The van der Waals surface area contributed by atoms with Crippen molar-refractivity contribution in [1.29, 1.82) is 0 Å². The van der Waals surface area contributed by atoms with Crippen LogP contribution in [-0.2, 0) is 14.3 Å². The monoisotopic (exact) mass is 272 g/mol. The highest BCUT2D eigenvalue weighted by Gasteiger charge is 2.18. The minimum absolute atomic E-state index is 0.0229. The normalized spacial score (nSPS) is 15.4. The van der Waals surface area contributed by atoms with Crippen molar-refractivity contribution in [2.45, 2.75) is 39.2 Å². The molecule has 1 aliphatic rings. The number of rotatable bonds is 5. The first-order valence-electron chi connectivity index (χ1n) is 6.71. The molecule has 1 fully saturated rings. The number of nitrogens with one attached hydrogen (secondary N) is 1. The third-order valence-electron chi connectivity index (χ3n) is 2.60. The van der Waals surface area contributed by atoms with Crippen LogP contribution in [0.25, 0.3) is 0 Å². The first-order chi connectivity index (χ1) is 8.88. The molecule has 1 rings (SSSR count). The number of alkyl carbamates (subject to hydrolysis) is 1. The molecule has 1 saturated heterocycles. The largest absolute Gasteiger partial charge is 0.444 e. The number of hydrogen-bond donors (Lipinski definition) is 1. The van der Waals surface area contributed by atoms with Gasteiger partial charge in [0.1, 0.15) is 12.2 Å². The minimum Gasteiger partial charge on any atom is -0.444 e. The van der Waals surface area contributed by atoms with Crippen LogP contribution in [0.15, 0.2) is 0 Å². The lowest BCUT2D eigenvalue weighted by Gasteiger charge is -2.19. The maximum Gasteiger partial charge on any atom is 0.407 e. The summed E-state index contributed by atoms with van der Waals surface area (Å²) >= 11 is 0. The van der Waals surface area contributed by atoms with Crippen LogP contribution in [-0.4, -0.2) is 55.3 Å². The van der Waals surface area contributed by atoms with Gasteiger partial charge in [-0.2, -0.15) is 0 Å². The highest BCUT2D eigenvalue weighted by atomic mass is 16.6. The maximum atomic E-state index is 11.6. The van der Waals surface area contributed by atoms with Crippen LogP contribution in [0.2, 0.25) is 0 Å². The second-order valence-corrected chi connectivity index (χ2v) is 5.57. The molecule has 0 saturated carbocycles. The number of nitrogens with zero attached hydrogens (tertiary/aromatic N) is 1. The van der Waals surface area contributed by atoms with E-state index in [1.807, 2.05) is 0 Å². The molecule has 110 valence electrons. The van der Waals surface area contributed by atoms with E-state index in [0.717, 1.165) is 25.9 Å². The van der Waals surface area contributed by atoms with Crippen LogP contribution in [0.5, 0.6) is 0 Å². The molecular formula is C13H24N2O4. The molecule has 6 nitrogen and oxygen atoms in total. The van der Waals surface area contributed by atoms with Gasteiger partial charge in [0.2, 0.25) is 5.91 Å². The number of amides is 2. The molecule has 1 heterocycles. The number of carbonyl (C=O) groups excluding carboxylic acids is 2. The SMILES string of the molecule is CC(C)(C)OC(=O)NCCOCC(=O)N1CCCC1. The zero-order chi connectivity index (χ0) is 14.3. The Balaban J connectivity index is 2.01. The van der Waals surface area contributed by atoms with Crippen molar-refractivity contribution in [3.05, 3.63) is 0 Å². The molecule has 1 N–H and O–H groups in total. The zero-order valence-corrected chi connectivity index (χ0v) is 12.0. The summed E-state index contributed by atoms with van der Waals surface area (Å²) in [4.78, 5) is 24.7. The van der Waals surface area contributed by atoms with Gasteiger partial charge >= 0.3 is 6.09 Å². The van der Waals surface area contributed by atoms with E-state index in [-0.39, 0.29) is 12.5 Å². The summed E-state index contributed by atoms with van der Waals surface area (Å²) in [5.41, 5.74) is -0.503. The Hall–Kier alpha value is -1.30. The molecule has 0 aromatic carbocycles. The molecule has 2 amide bonds. The van der Waals surface area contributed by atoms with E-state index in [0.29, 0.717) is 13.2 Å². The first-order valence-corrected chi connectivity index (χ1v) is 6.71. The van der Waals surface area contributed by atoms with E-state index in [9.17, 15) is 9.59 Å². The fourth-order valence-corrected chi connectivity index (χ4v) is 1.76. The van der Waals surface area contributed by atoms with Crippen LogP contribution < -0.4 is 5.32 Å². The van der Waals surface area contributed by atoms with Crippen molar-refractivity contribution in [3.63, 3.8) is 0 Å². The molecule has 0 unspecified atom stereocenters. The zero-order valence-electron chi connectivity index (χ0n) is 12.0.